The molecular formula is C23H32N6O2S. The molecule has 172 valence electrons. The van der Waals surface area contributed by atoms with Crippen molar-refractivity contribution in [1.82, 2.24) is 25.1 Å². The van der Waals surface area contributed by atoms with Crippen molar-refractivity contribution in [3.63, 3.8) is 0 Å². The quantitative estimate of drug-likeness (QED) is 0.327. The molecule has 0 saturated heterocycles. The lowest BCUT2D eigenvalue weighted by Gasteiger charge is -2.12. The van der Waals surface area contributed by atoms with Crippen molar-refractivity contribution in [3.8, 4) is 5.75 Å². The monoisotopic (exact) mass is 456 g/mol. The summed E-state index contributed by atoms with van der Waals surface area (Å²) < 4.78 is 7.44. The van der Waals surface area contributed by atoms with Crippen LogP contribution in [0, 0.1) is 0 Å². The summed E-state index contributed by atoms with van der Waals surface area (Å²) >= 11 is 1.64. The van der Waals surface area contributed by atoms with E-state index in [2.05, 4.69) is 41.5 Å². The Labute approximate surface area is 193 Å². The number of nitrogens with one attached hydrogen (secondary N) is 2. The number of carbonyl (C=O) groups is 1. The molecule has 0 radical (unpaired) electrons. The highest BCUT2D eigenvalue weighted by Crippen LogP contribution is 2.25. The van der Waals surface area contributed by atoms with Gasteiger partial charge in [0.1, 0.15) is 11.6 Å². The van der Waals surface area contributed by atoms with Gasteiger partial charge in [-0.2, -0.15) is 5.10 Å². The third kappa shape index (κ3) is 6.35. The van der Waals surface area contributed by atoms with Crippen molar-refractivity contribution in [1.29, 1.82) is 0 Å². The highest BCUT2D eigenvalue weighted by molar-refractivity contribution is 7.99. The number of amides is 1. The standard InChI is InChI=1S/C23H32N6O2S/c1-6-13-32-23-27-20(26-15(2)3)19-14-25-29(21(19)28-23)12-11-24-22(30)17-7-9-18(10-8-17)31-16(4)5/h7-10,14-16H,6,11-13H2,1-5H3,(H,24,30)(H,26,27,28). The van der Waals surface area contributed by atoms with E-state index in [0.29, 0.717) is 18.7 Å². The van der Waals surface area contributed by atoms with E-state index < -0.39 is 0 Å². The average molecular weight is 457 g/mol. The summed E-state index contributed by atoms with van der Waals surface area (Å²) in [6.45, 7) is 11.2. The molecule has 1 amide bonds. The molecule has 0 saturated carbocycles. The van der Waals surface area contributed by atoms with Gasteiger partial charge in [-0.1, -0.05) is 18.7 Å². The van der Waals surface area contributed by atoms with E-state index in [1.165, 1.54) is 0 Å². The van der Waals surface area contributed by atoms with Gasteiger partial charge in [0.05, 0.1) is 24.2 Å². The van der Waals surface area contributed by atoms with Crippen molar-refractivity contribution in [2.45, 2.75) is 64.9 Å². The zero-order valence-electron chi connectivity index (χ0n) is 19.4. The summed E-state index contributed by atoms with van der Waals surface area (Å²) in [6, 6.07) is 7.41. The maximum atomic E-state index is 12.5. The molecule has 1 aromatic carbocycles. The molecule has 9 heteroatoms. The number of hydrogen-bond donors (Lipinski definition) is 2. The first-order chi connectivity index (χ1) is 15.4. The van der Waals surface area contributed by atoms with Crippen molar-refractivity contribution < 1.29 is 9.53 Å². The lowest BCUT2D eigenvalue weighted by Crippen LogP contribution is -2.27. The van der Waals surface area contributed by atoms with E-state index in [-0.39, 0.29) is 18.1 Å². The fourth-order valence-corrected chi connectivity index (χ4v) is 3.77. The van der Waals surface area contributed by atoms with Crippen LogP contribution in [0.3, 0.4) is 0 Å². The molecule has 32 heavy (non-hydrogen) atoms. The number of rotatable bonds is 11. The Morgan fingerprint density at radius 3 is 2.56 bits per heavy atom. The van der Waals surface area contributed by atoms with Gasteiger partial charge in [0.15, 0.2) is 10.8 Å². The first-order valence-corrected chi connectivity index (χ1v) is 12.0. The predicted molar refractivity (Wildman–Crippen MR) is 130 cm³/mol. The molecule has 0 unspecified atom stereocenters. The van der Waals surface area contributed by atoms with Crippen molar-refractivity contribution in [3.05, 3.63) is 36.0 Å². The molecule has 0 aliphatic carbocycles. The number of aromatic nitrogens is 4. The number of carbonyl (C=O) groups excluding carboxylic acids is 1. The van der Waals surface area contributed by atoms with Crippen LogP contribution < -0.4 is 15.4 Å². The zero-order valence-corrected chi connectivity index (χ0v) is 20.2. The van der Waals surface area contributed by atoms with Crippen molar-refractivity contribution >= 4 is 34.5 Å². The summed E-state index contributed by atoms with van der Waals surface area (Å²) in [5.41, 5.74) is 1.36. The number of ether oxygens (including phenoxy) is 1. The Kier molecular flexibility index (Phi) is 8.33. The molecule has 0 aliphatic rings. The van der Waals surface area contributed by atoms with Gasteiger partial charge >= 0.3 is 0 Å². The molecule has 0 bridgehead atoms. The van der Waals surface area contributed by atoms with Crippen LogP contribution in [0.15, 0.2) is 35.6 Å². The van der Waals surface area contributed by atoms with E-state index in [9.17, 15) is 4.79 Å². The number of nitrogens with zero attached hydrogens (tertiary/aromatic N) is 4. The number of hydrogen-bond acceptors (Lipinski definition) is 7. The van der Waals surface area contributed by atoms with Gasteiger partial charge in [-0.15, -0.1) is 0 Å². The number of thioether (sulfide) groups is 1. The molecule has 0 atom stereocenters. The number of benzene rings is 1. The van der Waals surface area contributed by atoms with Crippen molar-refractivity contribution in [2.24, 2.45) is 0 Å². The van der Waals surface area contributed by atoms with Crippen LogP contribution >= 0.6 is 11.8 Å². The average Bonchev–Trinajstić information content (AvgIpc) is 3.15. The largest absolute Gasteiger partial charge is 0.491 e. The molecule has 8 nitrogen and oxygen atoms in total. The molecule has 0 fully saturated rings. The van der Waals surface area contributed by atoms with Gasteiger partial charge in [-0.3, -0.25) is 4.79 Å². The minimum Gasteiger partial charge on any atom is -0.491 e. The van der Waals surface area contributed by atoms with Gasteiger partial charge in [-0.05, 0) is 58.4 Å². The second kappa shape index (κ2) is 11.2. The normalized spacial score (nSPS) is 11.3. The highest BCUT2D eigenvalue weighted by Gasteiger charge is 2.14. The maximum Gasteiger partial charge on any atom is 0.251 e. The molecule has 0 aliphatic heterocycles. The second-order valence-electron chi connectivity index (χ2n) is 8.05. The first kappa shape index (κ1) is 23.8. The Morgan fingerprint density at radius 2 is 1.91 bits per heavy atom. The number of fused-ring (bicyclic) bond motifs is 1. The van der Waals surface area contributed by atoms with Gasteiger partial charge in [0.2, 0.25) is 0 Å². The van der Waals surface area contributed by atoms with Crippen LogP contribution in [0.25, 0.3) is 11.0 Å². The number of anilines is 1. The van der Waals surface area contributed by atoms with Gasteiger partial charge in [0.25, 0.3) is 5.91 Å². The van der Waals surface area contributed by atoms with Crippen LogP contribution in [0.2, 0.25) is 0 Å². The lowest BCUT2D eigenvalue weighted by atomic mass is 10.2. The Hall–Kier alpha value is -2.81. The topological polar surface area (TPSA) is 94.0 Å². The minimum absolute atomic E-state index is 0.0968. The molecule has 3 aromatic rings. The molecule has 2 N–H and O–H groups in total. The molecule has 2 aromatic heterocycles. The summed E-state index contributed by atoms with van der Waals surface area (Å²) in [5.74, 6) is 2.37. The Bertz CT molecular complexity index is 1030. The highest BCUT2D eigenvalue weighted by atomic mass is 32.2. The Balaban J connectivity index is 1.68. The van der Waals surface area contributed by atoms with E-state index >= 15 is 0 Å². The van der Waals surface area contributed by atoms with Crippen molar-refractivity contribution in [2.75, 3.05) is 17.6 Å². The second-order valence-corrected chi connectivity index (χ2v) is 9.12. The molecule has 3 rings (SSSR count). The predicted octanol–water partition coefficient (Wildman–Crippen LogP) is 4.37. The zero-order chi connectivity index (χ0) is 23.1. The fourth-order valence-electron chi connectivity index (χ4n) is 3.07. The summed E-state index contributed by atoms with van der Waals surface area (Å²) in [5, 5.41) is 12.5. The van der Waals surface area contributed by atoms with Gasteiger partial charge < -0.3 is 15.4 Å². The minimum atomic E-state index is -0.131. The van der Waals surface area contributed by atoms with E-state index in [1.807, 2.05) is 30.7 Å². The molecular weight excluding hydrogens is 424 g/mol. The summed E-state index contributed by atoms with van der Waals surface area (Å²) in [7, 11) is 0. The van der Waals surface area contributed by atoms with Crippen LogP contribution in [0.5, 0.6) is 5.75 Å². The third-order valence-corrected chi connectivity index (χ3v) is 5.49. The first-order valence-electron chi connectivity index (χ1n) is 11.0. The molecule has 2 heterocycles. The van der Waals surface area contributed by atoms with Gasteiger partial charge in [-0.25, -0.2) is 14.6 Å². The smallest absolute Gasteiger partial charge is 0.251 e. The van der Waals surface area contributed by atoms with E-state index in [1.54, 1.807) is 30.1 Å². The molecule has 0 spiro atoms. The Morgan fingerprint density at radius 1 is 1.16 bits per heavy atom. The van der Waals surface area contributed by atoms with Crippen LogP contribution in [-0.2, 0) is 6.54 Å². The van der Waals surface area contributed by atoms with Crippen LogP contribution in [0.1, 0.15) is 51.4 Å². The van der Waals surface area contributed by atoms with Crippen LogP contribution in [-0.4, -0.2) is 50.1 Å². The third-order valence-electron chi connectivity index (χ3n) is 4.43. The van der Waals surface area contributed by atoms with E-state index in [0.717, 1.165) is 39.9 Å². The maximum absolute atomic E-state index is 12.5. The fraction of sp³-hybridized carbons (Fsp3) is 0.478. The summed E-state index contributed by atoms with van der Waals surface area (Å²) in [6.07, 6.45) is 2.93. The van der Waals surface area contributed by atoms with E-state index in [4.69, 9.17) is 9.72 Å². The van der Waals surface area contributed by atoms with Gasteiger partial charge in [0, 0.05) is 23.9 Å². The summed E-state index contributed by atoms with van der Waals surface area (Å²) in [4.78, 5) is 21.9. The SMILES string of the molecule is CCCSc1nc(NC(C)C)c2cnn(CCNC(=O)c3ccc(OC(C)C)cc3)c2n1. The lowest BCUT2D eigenvalue weighted by molar-refractivity contribution is 0.0952. The van der Waals surface area contributed by atoms with Crippen LogP contribution in [0.4, 0.5) is 5.82 Å².